The summed E-state index contributed by atoms with van der Waals surface area (Å²) in [6.45, 7) is 3.94. The van der Waals surface area contributed by atoms with E-state index in [2.05, 4.69) is 26.6 Å². The standard InChI is InChI=1S/C28H31BrClN3O6/c1-3-18(14-34)33-24(26(36)32-16-7-5-15(30)6-8-16)28-13-20(29)23(39-28)21(22(28)27(33)37)25(35)31-17-9-11-19(12-10-17)38-4-2/h5-12,18,20-24,34H,3-4,13-14H2,1-2H3,(H,31,35)(H,32,36)/t18-,20?,21-,22-,23-,24?,28?/m0/s1. The smallest absolute Gasteiger partial charge is 0.250 e. The fraction of sp³-hybridized carbons (Fsp3) is 0.464. The maximum Gasteiger partial charge on any atom is 0.250 e. The van der Waals surface area contributed by atoms with Crippen LogP contribution in [0.1, 0.15) is 26.7 Å². The fourth-order valence-corrected chi connectivity index (χ4v) is 7.31. The Kier molecular flexibility index (Phi) is 7.92. The zero-order valence-electron chi connectivity index (χ0n) is 21.6. The second-order valence-electron chi connectivity index (χ2n) is 10.1. The Bertz CT molecular complexity index is 1240. The summed E-state index contributed by atoms with van der Waals surface area (Å²) in [5.41, 5.74) is -0.149. The number of rotatable bonds is 9. The van der Waals surface area contributed by atoms with Crippen molar-refractivity contribution in [3.05, 3.63) is 53.6 Å². The molecule has 0 saturated carbocycles. The van der Waals surface area contributed by atoms with E-state index in [4.69, 9.17) is 21.1 Å². The molecule has 3 unspecified atom stereocenters. The SMILES string of the molecule is CCOc1ccc(NC(=O)[C@H]2[C@H]3C(=O)N([C@@H](CC)CO)C(C(=O)Nc4ccc(Cl)cc4)C34CC(Br)[C@@H]2O4)cc1. The third-order valence-corrected chi connectivity index (χ3v) is 8.99. The number of anilines is 2. The van der Waals surface area contributed by atoms with Crippen LogP contribution in [0.3, 0.4) is 0 Å². The molecule has 3 fully saturated rings. The van der Waals surface area contributed by atoms with E-state index in [1.807, 2.05) is 13.8 Å². The summed E-state index contributed by atoms with van der Waals surface area (Å²) in [6.07, 6.45) is 0.210. The highest BCUT2D eigenvalue weighted by Gasteiger charge is 2.77. The third kappa shape index (κ3) is 4.81. The molecule has 2 aromatic carbocycles. The van der Waals surface area contributed by atoms with E-state index in [1.165, 1.54) is 4.90 Å². The van der Waals surface area contributed by atoms with Gasteiger partial charge in [0, 0.05) is 21.2 Å². The Hall–Kier alpha value is -2.66. The van der Waals surface area contributed by atoms with Crippen molar-refractivity contribution in [1.82, 2.24) is 4.90 Å². The average molecular weight is 621 g/mol. The molecule has 3 heterocycles. The van der Waals surface area contributed by atoms with Crippen molar-refractivity contribution in [2.75, 3.05) is 23.8 Å². The van der Waals surface area contributed by atoms with Crippen molar-refractivity contribution in [2.45, 2.75) is 55.3 Å². The molecule has 208 valence electrons. The molecule has 1 spiro atoms. The van der Waals surface area contributed by atoms with Crippen LogP contribution < -0.4 is 15.4 Å². The molecular formula is C28H31BrClN3O6. The predicted octanol–water partition coefficient (Wildman–Crippen LogP) is 3.83. The van der Waals surface area contributed by atoms with Gasteiger partial charge < -0.3 is 30.1 Å². The van der Waals surface area contributed by atoms with Crippen LogP contribution in [0.15, 0.2) is 48.5 Å². The predicted molar refractivity (Wildman–Crippen MR) is 150 cm³/mol. The number of hydrogen-bond donors (Lipinski definition) is 3. The molecule has 39 heavy (non-hydrogen) atoms. The number of carbonyl (C=O) groups is 3. The van der Waals surface area contributed by atoms with E-state index in [-0.39, 0.29) is 23.2 Å². The number of nitrogens with zero attached hydrogens (tertiary/aromatic N) is 1. The topological polar surface area (TPSA) is 117 Å². The molecule has 3 N–H and O–H groups in total. The van der Waals surface area contributed by atoms with E-state index in [0.717, 1.165) is 0 Å². The monoisotopic (exact) mass is 619 g/mol. The Morgan fingerprint density at radius 1 is 1.13 bits per heavy atom. The normalized spacial score (nSPS) is 29.7. The molecule has 5 rings (SSSR count). The number of likely N-dealkylation sites (tertiary alicyclic amines) is 1. The summed E-state index contributed by atoms with van der Waals surface area (Å²) in [7, 11) is 0. The maximum atomic E-state index is 14.1. The van der Waals surface area contributed by atoms with E-state index >= 15 is 0 Å². The molecule has 3 amide bonds. The van der Waals surface area contributed by atoms with Gasteiger partial charge in [0.15, 0.2) is 0 Å². The first-order chi connectivity index (χ1) is 18.7. The number of nitrogens with one attached hydrogen (secondary N) is 2. The minimum Gasteiger partial charge on any atom is -0.494 e. The van der Waals surface area contributed by atoms with E-state index in [9.17, 15) is 19.5 Å². The highest BCUT2D eigenvalue weighted by atomic mass is 79.9. The van der Waals surface area contributed by atoms with Crippen LogP contribution in [0.25, 0.3) is 0 Å². The largest absolute Gasteiger partial charge is 0.494 e. The van der Waals surface area contributed by atoms with Gasteiger partial charge in [-0.3, -0.25) is 14.4 Å². The van der Waals surface area contributed by atoms with Crippen LogP contribution in [-0.4, -0.2) is 69.6 Å². The summed E-state index contributed by atoms with van der Waals surface area (Å²) in [5.74, 6) is -2.17. The maximum absolute atomic E-state index is 14.1. The lowest BCUT2D eigenvalue weighted by molar-refractivity contribution is -0.143. The number of alkyl halides is 1. The molecule has 2 bridgehead atoms. The van der Waals surface area contributed by atoms with Crippen LogP contribution >= 0.6 is 27.5 Å². The first-order valence-electron chi connectivity index (χ1n) is 13.1. The minimum absolute atomic E-state index is 0.238. The number of carbonyl (C=O) groups excluding carboxylic acids is 3. The number of benzene rings is 2. The molecular weight excluding hydrogens is 590 g/mol. The van der Waals surface area contributed by atoms with Gasteiger partial charge in [0.1, 0.15) is 17.4 Å². The molecule has 0 aromatic heterocycles. The van der Waals surface area contributed by atoms with E-state index in [1.54, 1.807) is 48.5 Å². The van der Waals surface area contributed by atoms with E-state index < -0.39 is 41.5 Å². The molecule has 0 aliphatic carbocycles. The summed E-state index contributed by atoms with van der Waals surface area (Å²) >= 11 is 9.66. The van der Waals surface area contributed by atoms with Gasteiger partial charge in [-0.2, -0.15) is 0 Å². The highest BCUT2D eigenvalue weighted by molar-refractivity contribution is 9.09. The fourth-order valence-electron chi connectivity index (χ4n) is 6.24. The van der Waals surface area contributed by atoms with Crippen molar-refractivity contribution in [2.24, 2.45) is 11.8 Å². The third-order valence-electron chi connectivity index (χ3n) is 7.90. The Morgan fingerprint density at radius 3 is 2.33 bits per heavy atom. The number of fused-ring (bicyclic) bond motifs is 1. The van der Waals surface area contributed by atoms with Crippen LogP contribution in [0.4, 0.5) is 11.4 Å². The second kappa shape index (κ2) is 11.1. The summed E-state index contributed by atoms with van der Waals surface area (Å²) in [4.78, 5) is 42.8. The molecule has 3 aliphatic rings. The molecule has 3 saturated heterocycles. The number of aliphatic hydroxyl groups excluding tert-OH is 1. The quantitative estimate of drug-likeness (QED) is 0.367. The lowest BCUT2D eigenvalue weighted by Gasteiger charge is -2.36. The Labute approximate surface area is 240 Å². The van der Waals surface area contributed by atoms with Gasteiger partial charge in [-0.05, 0) is 68.3 Å². The van der Waals surface area contributed by atoms with Crippen LogP contribution in [0.2, 0.25) is 5.02 Å². The van der Waals surface area contributed by atoms with Crippen LogP contribution in [-0.2, 0) is 19.1 Å². The van der Waals surface area contributed by atoms with Crippen molar-refractivity contribution >= 4 is 56.6 Å². The zero-order valence-corrected chi connectivity index (χ0v) is 23.9. The molecule has 3 aliphatic heterocycles. The van der Waals surface area contributed by atoms with Gasteiger partial charge in [-0.25, -0.2) is 0 Å². The first kappa shape index (κ1) is 27.9. The van der Waals surface area contributed by atoms with Gasteiger partial charge in [0.25, 0.3) is 0 Å². The molecule has 2 aromatic rings. The lowest BCUT2D eigenvalue weighted by atomic mass is 9.70. The van der Waals surface area contributed by atoms with Gasteiger partial charge in [0.2, 0.25) is 17.7 Å². The molecule has 7 atom stereocenters. The number of amides is 3. The number of aliphatic hydroxyl groups is 1. The Balaban J connectivity index is 1.47. The van der Waals surface area contributed by atoms with Gasteiger partial charge in [0.05, 0.1) is 37.2 Å². The molecule has 0 radical (unpaired) electrons. The van der Waals surface area contributed by atoms with Gasteiger partial charge in [-0.1, -0.05) is 34.5 Å². The van der Waals surface area contributed by atoms with Crippen molar-refractivity contribution in [3.63, 3.8) is 0 Å². The van der Waals surface area contributed by atoms with Crippen LogP contribution in [0.5, 0.6) is 5.75 Å². The summed E-state index contributed by atoms with van der Waals surface area (Å²) < 4.78 is 12.0. The molecule has 9 nitrogen and oxygen atoms in total. The highest BCUT2D eigenvalue weighted by Crippen LogP contribution is 2.60. The second-order valence-corrected chi connectivity index (χ2v) is 11.7. The van der Waals surface area contributed by atoms with Crippen molar-refractivity contribution < 1.29 is 29.0 Å². The number of ether oxygens (including phenoxy) is 2. The summed E-state index contributed by atoms with van der Waals surface area (Å²) in [5, 5.41) is 16.5. The lowest BCUT2D eigenvalue weighted by Crippen LogP contribution is -2.56. The average Bonchev–Trinajstić information content (AvgIpc) is 3.51. The van der Waals surface area contributed by atoms with Gasteiger partial charge >= 0.3 is 0 Å². The number of hydrogen-bond acceptors (Lipinski definition) is 6. The zero-order chi connectivity index (χ0) is 27.9. The van der Waals surface area contributed by atoms with Crippen molar-refractivity contribution in [3.8, 4) is 5.75 Å². The number of halogens is 2. The summed E-state index contributed by atoms with van der Waals surface area (Å²) in [6, 6.07) is 12.0. The van der Waals surface area contributed by atoms with Crippen molar-refractivity contribution in [1.29, 1.82) is 0 Å². The van der Waals surface area contributed by atoms with Crippen LogP contribution in [0, 0.1) is 11.8 Å². The van der Waals surface area contributed by atoms with E-state index in [0.29, 0.717) is 41.6 Å². The Morgan fingerprint density at radius 2 is 1.74 bits per heavy atom. The minimum atomic E-state index is -1.23. The first-order valence-corrected chi connectivity index (χ1v) is 14.4. The molecule has 11 heteroatoms. The van der Waals surface area contributed by atoms with Gasteiger partial charge in [-0.15, -0.1) is 0 Å².